The highest BCUT2D eigenvalue weighted by molar-refractivity contribution is 6.42. The second-order valence-corrected chi connectivity index (χ2v) is 6.51. The molecule has 3 rings (SSSR count). The predicted octanol–water partition coefficient (Wildman–Crippen LogP) is 2.88. The van der Waals surface area contributed by atoms with Crippen LogP contribution in [0.25, 0.3) is 0 Å². The predicted molar refractivity (Wildman–Crippen MR) is 95.6 cm³/mol. The van der Waals surface area contributed by atoms with E-state index in [1.54, 1.807) is 35.8 Å². The maximum Gasteiger partial charge on any atom is 0.274 e. The highest BCUT2D eigenvalue weighted by atomic mass is 35.5. The van der Waals surface area contributed by atoms with Crippen LogP contribution in [0.1, 0.15) is 26.3 Å². The van der Waals surface area contributed by atoms with Gasteiger partial charge in [-0.2, -0.15) is 0 Å². The van der Waals surface area contributed by atoms with Gasteiger partial charge in [-0.25, -0.2) is 5.48 Å². The Hall–Kier alpha value is -2.28. The molecule has 8 heteroatoms. The van der Waals surface area contributed by atoms with E-state index in [9.17, 15) is 9.59 Å². The molecule has 1 aliphatic heterocycles. The molecule has 130 valence electrons. The van der Waals surface area contributed by atoms with Crippen molar-refractivity contribution in [3.8, 4) is 0 Å². The molecule has 2 aromatic carbocycles. The van der Waals surface area contributed by atoms with E-state index >= 15 is 0 Å². The minimum atomic E-state index is -0.579. The first-order valence-electron chi connectivity index (χ1n) is 7.55. The van der Waals surface area contributed by atoms with Gasteiger partial charge in [0.05, 0.1) is 16.1 Å². The highest BCUT2D eigenvalue weighted by Gasteiger charge is 2.21. The molecule has 0 bridgehead atoms. The maximum atomic E-state index is 12.4. The lowest BCUT2D eigenvalue weighted by atomic mass is 9.97. The third kappa shape index (κ3) is 3.87. The normalized spacial score (nSPS) is 15.7. The second-order valence-electron chi connectivity index (χ2n) is 5.70. The number of hydrogen-bond acceptors (Lipinski definition) is 4. The van der Waals surface area contributed by atoms with Gasteiger partial charge in [0.1, 0.15) is 0 Å². The van der Waals surface area contributed by atoms with Gasteiger partial charge in [-0.1, -0.05) is 23.2 Å². The van der Waals surface area contributed by atoms with E-state index in [4.69, 9.17) is 28.4 Å². The van der Waals surface area contributed by atoms with Crippen LogP contribution in [0.5, 0.6) is 0 Å². The molecule has 6 nitrogen and oxygen atoms in total. The molecule has 1 heterocycles. The lowest BCUT2D eigenvalue weighted by molar-refractivity contribution is 0.0706. The van der Waals surface area contributed by atoms with E-state index in [1.807, 2.05) is 0 Å². The van der Waals surface area contributed by atoms with Crippen LogP contribution >= 0.6 is 23.2 Å². The third-order valence-corrected chi connectivity index (χ3v) is 4.73. The summed E-state index contributed by atoms with van der Waals surface area (Å²) in [6.07, 6.45) is 0.557. The number of anilines is 1. The summed E-state index contributed by atoms with van der Waals surface area (Å²) >= 11 is 11.8. The zero-order valence-electron chi connectivity index (χ0n) is 13.0. The zero-order valence-corrected chi connectivity index (χ0v) is 14.5. The first-order valence-corrected chi connectivity index (χ1v) is 8.30. The van der Waals surface area contributed by atoms with E-state index in [-0.39, 0.29) is 11.9 Å². The Morgan fingerprint density at radius 1 is 1.04 bits per heavy atom. The smallest absolute Gasteiger partial charge is 0.274 e. The van der Waals surface area contributed by atoms with Gasteiger partial charge < -0.3 is 10.6 Å². The number of halogens is 2. The number of amides is 2. The second kappa shape index (κ2) is 7.31. The maximum absolute atomic E-state index is 12.4. The monoisotopic (exact) mass is 379 g/mol. The van der Waals surface area contributed by atoms with Crippen LogP contribution < -0.4 is 16.1 Å². The number of hydrogen-bond donors (Lipinski definition) is 4. The summed E-state index contributed by atoms with van der Waals surface area (Å²) in [5.41, 5.74) is 4.16. The standard InChI is InChI=1S/C17H15Cl2N3O3/c18-13-3-1-10(7-14(13)19)16(23)21-12-6-11-5-9(17(24)22-25)2-4-15(11)20-8-12/h1-5,7,12,20,25H,6,8H2,(H,21,23)(H,22,24). The summed E-state index contributed by atoms with van der Waals surface area (Å²) in [5, 5.41) is 15.6. The molecule has 1 unspecified atom stereocenters. The average Bonchev–Trinajstić information content (AvgIpc) is 2.62. The van der Waals surface area contributed by atoms with Gasteiger partial charge in [0.25, 0.3) is 11.8 Å². The molecule has 2 amide bonds. The van der Waals surface area contributed by atoms with Crippen LogP contribution in [0.2, 0.25) is 10.0 Å². The molecule has 0 fully saturated rings. The highest BCUT2D eigenvalue weighted by Crippen LogP contribution is 2.25. The number of nitrogens with one attached hydrogen (secondary N) is 3. The molecule has 4 N–H and O–H groups in total. The van der Waals surface area contributed by atoms with Crippen LogP contribution in [-0.2, 0) is 6.42 Å². The van der Waals surface area contributed by atoms with Gasteiger partial charge in [-0.3, -0.25) is 14.8 Å². The van der Waals surface area contributed by atoms with Crippen molar-refractivity contribution in [1.82, 2.24) is 10.8 Å². The largest absolute Gasteiger partial charge is 0.383 e. The molecule has 0 saturated heterocycles. The van der Waals surface area contributed by atoms with Crippen molar-refractivity contribution in [2.75, 3.05) is 11.9 Å². The first kappa shape index (κ1) is 17.5. The van der Waals surface area contributed by atoms with Gasteiger partial charge in [0, 0.05) is 23.4 Å². The Bertz CT molecular complexity index is 842. The summed E-state index contributed by atoms with van der Waals surface area (Å²) < 4.78 is 0. The number of rotatable bonds is 3. The van der Waals surface area contributed by atoms with Crippen LogP contribution in [0, 0.1) is 0 Å². The van der Waals surface area contributed by atoms with Gasteiger partial charge in [-0.15, -0.1) is 0 Å². The van der Waals surface area contributed by atoms with Crippen molar-refractivity contribution in [2.45, 2.75) is 12.5 Å². The third-order valence-electron chi connectivity index (χ3n) is 3.99. The van der Waals surface area contributed by atoms with Crippen LogP contribution in [0.15, 0.2) is 36.4 Å². The van der Waals surface area contributed by atoms with E-state index < -0.39 is 5.91 Å². The molecular weight excluding hydrogens is 365 g/mol. The fourth-order valence-corrected chi connectivity index (χ4v) is 3.02. The minimum absolute atomic E-state index is 0.151. The molecule has 25 heavy (non-hydrogen) atoms. The molecule has 0 spiro atoms. The summed E-state index contributed by atoms with van der Waals surface area (Å²) in [6, 6.07) is 9.63. The minimum Gasteiger partial charge on any atom is -0.383 e. The Kier molecular flexibility index (Phi) is 5.13. The molecular formula is C17H15Cl2N3O3. The van der Waals surface area contributed by atoms with Crippen molar-refractivity contribution in [1.29, 1.82) is 0 Å². The SMILES string of the molecule is O=C(NO)c1ccc2c(c1)CC(NC(=O)c1ccc(Cl)c(Cl)c1)CN2. The van der Waals surface area contributed by atoms with E-state index in [2.05, 4.69) is 10.6 Å². The van der Waals surface area contributed by atoms with Crippen LogP contribution in [0.3, 0.4) is 0 Å². The van der Waals surface area contributed by atoms with E-state index in [0.717, 1.165) is 11.3 Å². The molecule has 0 aliphatic carbocycles. The molecule has 2 aromatic rings. The number of carbonyl (C=O) groups excluding carboxylic acids is 2. The topological polar surface area (TPSA) is 90.5 Å². The molecule has 1 aliphatic rings. The fraction of sp³-hybridized carbons (Fsp3) is 0.176. The quantitative estimate of drug-likeness (QED) is 0.487. The Labute approximate surface area is 154 Å². The van der Waals surface area contributed by atoms with Crippen LogP contribution in [0.4, 0.5) is 5.69 Å². The fourth-order valence-electron chi connectivity index (χ4n) is 2.72. The summed E-state index contributed by atoms with van der Waals surface area (Å²) in [6.45, 7) is 0.561. The molecule has 1 atom stereocenters. The average molecular weight is 380 g/mol. The lowest BCUT2D eigenvalue weighted by Gasteiger charge is -2.27. The lowest BCUT2D eigenvalue weighted by Crippen LogP contribution is -2.43. The van der Waals surface area contributed by atoms with Crippen molar-refractivity contribution < 1.29 is 14.8 Å². The summed E-state index contributed by atoms with van der Waals surface area (Å²) in [5.74, 6) is -0.831. The number of benzene rings is 2. The van der Waals surface area contributed by atoms with Crippen molar-refractivity contribution in [3.63, 3.8) is 0 Å². The Morgan fingerprint density at radius 2 is 1.76 bits per heavy atom. The number of hydroxylamine groups is 1. The first-order chi connectivity index (χ1) is 12.0. The summed E-state index contributed by atoms with van der Waals surface area (Å²) in [4.78, 5) is 23.9. The van der Waals surface area contributed by atoms with E-state index in [1.165, 1.54) is 6.07 Å². The van der Waals surface area contributed by atoms with Crippen LogP contribution in [-0.4, -0.2) is 29.6 Å². The zero-order chi connectivity index (χ0) is 18.0. The molecule has 0 radical (unpaired) electrons. The number of fused-ring (bicyclic) bond motifs is 1. The number of carbonyl (C=O) groups is 2. The van der Waals surface area contributed by atoms with Crippen molar-refractivity contribution in [3.05, 3.63) is 63.1 Å². The van der Waals surface area contributed by atoms with Gasteiger partial charge >= 0.3 is 0 Å². The molecule has 0 saturated carbocycles. The van der Waals surface area contributed by atoms with E-state index in [0.29, 0.717) is 34.1 Å². The van der Waals surface area contributed by atoms with Gasteiger partial charge in [-0.05, 0) is 48.4 Å². The van der Waals surface area contributed by atoms with Crippen molar-refractivity contribution >= 4 is 40.7 Å². The summed E-state index contributed by atoms with van der Waals surface area (Å²) in [7, 11) is 0. The Balaban J connectivity index is 1.72. The van der Waals surface area contributed by atoms with Crippen molar-refractivity contribution in [2.24, 2.45) is 0 Å². The van der Waals surface area contributed by atoms with Gasteiger partial charge in [0.2, 0.25) is 0 Å². The van der Waals surface area contributed by atoms with Gasteiger partial charge in [0.15, 0.2) is 0 Å². The molecule has 0 aromatic heterocycles. The Morgan fingerprint density at radius 3 is 2.48 bits per heavy atom.